The van der Waals surface area contributed by atoms with E-state index in [1.54, 1.807) is 12.1 Å². The Hall–Kier alpha value is -3.32. The second-order valence-electron chi connectivity index (χ2n) is 6.82. The zero-order chi connectivity index (χ0) is 22.1. The molecule has 0 unspecified atom stereocenters. The van der Waals surface area contributed by atoms with E-state index in [0.29, 0.717) is 19.6 Å². The van der Waals surface area contributed by atoms with Crippen LogP contribution in [-0.2, 0) is 20.7 Å². The molecule has 0 bridgehead atoms. The summed E-state index contributed by atoms with van der Waals surface area (Å²) in [6.45, 7) is 8.97. The number of aryl methyl sites for hydroxylation is 1. The van der Waals surface area contributed by atoms with Gasteiger partial charge < -0.3 is 25.0 Å². The van der Waals surface area contributed by atoms with Crippen molar-refractivity contribution in [1.29, 1.82) is 0 Å². The maximum atomic E-state index is 14.0. The molecule has 0 aliphatic carbocycles. The van der Waals surface area contributed by atoms with Gasteiger partial charge in [-0.25, -0.2) is 4.39 Å². The fourth-order valence-electron chi connectivity index (χ4n) is 3.70. The van der Waals surface area contributed by atoms with E-state index in [4.69, 9.17) is 20.1 Å². The van der Waals surface area contributed by atoms with Crippen LogP contribution < -0.4 is 10.6 Å². The highest BCUT2D eigenvalue weighted by Gasteiger charge is 2.19. The molecule has 1 saturated heterocycles. The number of benzene rings is 2. The molecule has 0 atom stereocenters. The van der Waals surface area contributed by atoms with Gasteiger partial charge in [0.2, 0.25) is 0 Å². The quantitative estimate of drug-likeness (QED) is 0.666. The Bertz CT molecular complexity index is 969. The van der Waals surface area contributed by atoms with Gasteiger partial charge in [0.1, 0.15) is 19.4 Å². The number of morpholine rings is 1. The van der Waals surface area contributed by atoms with Crippen LogP contribution in [0.1, 0.15) is 16.7 Å². The first-order valence-corrected chi connectivity index (χ1v) is 9.44. The molecule has 1 fully saturated rings. The first-order valence-electron chi connectivity index (χ1n) is 9.44. The fourth-order valence-corrected chi connectivity index (χ4v) is 3.70. The average Bonchev–Trinajstić information content (AvgIpc) is 2.76. The van der Waals surface area contributed by atoms with Gasteiger partial charge in [-0.05, 0) is 53.9 Å². The Morgan fingerprint density at radius 1 is 1.10 bits per heavy atom. The zero-order valence-corrected chi connectivity index (χ0v) is 17.1. The van der Waals surface area contributed by atoms with Crippen molar-refractivity contribution in [3.8, 4) is 0 Å². The molecular weight excluding hydrogens is 385 g/mol. The molecule has 0 spiro atoms. The van der Waals surface area contributed by atoms with Gasteiger partial charge in [-0.15, -0.1) is 0 Å². The second kappa shape index (κ2) is 11.0. The number of nitrogens with two attached hydrogens (primary N) is 1. The number of anilines is 2. The number of ether oxygens (including phenoxy) is 1. The number of hydrogen-bond donors (Lipinski definition) is 1. The number of halogens is 1. The first-order chi connectivity index (χ1) is 14.6. The molecule has 30 heavy (non-hydrogen) atoms. The van der Waals surface area contributed by atoms with Crippen LogP contribution in [0.15, 0.2) is 42.6 Å². The Morgan fingerprint density at radius 2 is 1.80 bits per heavy atom. The van der Waals surface area contributed by atoms with Gasteiger partial charge in [-0.1, -0.05) is 6.07 Å². The van der Waals surface area contributed by atoms with Crippen molar-refractivity contribution in [1.82, 2.24) is 4.98 Å². The van der Waals surface area contributed by atoms with Crippen molar-refractivity contribution in [2.24, 2.45) is 0 Å². The van der Waals surface area contributed by atoms with Crippen LogP contribution in [0.3, 0.4) is 0 Å². The predicted octanol–water partition coefficient (Wildman–Crippen LogP) is 3.32. The second-order valence-corrected chi connectivity index (χ2v) is 6.82. The van der Waals surface area contributed by atoms with E-state index in [2.05, 4.69) is 16.0 Å². The normalized spacial score (nSPS) is 13.1. The number of aromatic nitrogens is 1. The lowest BCUT2D eigenvalue weighted by molar-refractivity contribution is -0.0987. The average molecular weight is 411 g/mol. The molecule has 3 aromatic rings. The van der Waals surface area contributed by atoms with E-state index in [1.807, 2.05) is 38.8 Å². The summed E-state index contributed by atoms with van der Waals surface area (Å²) in [7, 11) is 0. The first kappa shape index (κ1) is 23.0. The van der Waals surface area contributed by atoms with Crippen LogP contribution in [-0.4, -0.2) is 44.9 Å². The number of carbonyl (C=O) groups is 2. The minimum absolute atomic E-state index is 0.245. The molecule has 0 saturated carbocycles. The molecule has 2 heterocycles. The number of hydrogen-bond acceptors (Lipinski definition) is 6. The molecule has 1 aliphatic heterocycles. The van der Waals surface area contributed by atoms with E-state index in [1.165, 1.54) is 6.07 Å². The van der Waals surface area contributed by atoms with Crippen LogP contribution >= 0.6 is 0 Å². The summed E-state index contributed by atoms with van der Waals surface area (Å²) in [5, 5.41) is 0.852. The predicted molar refractivity (Wildman–Crippen MR) is 117 cm³/mol. The fraction of sp³-hybridized carbons (Fsp3) is 0.261. The highest BCUT2D eigenvalue weighted by Crippen LogP contribution is 2.32. The molecule has 1 aliphatic rings. The molecule has 0 radical (unpaired) electrons. The topological polar surface area (TPSA) is 85.5 Å². The van der Waals surface area contributed by atoms with Crippen molar-refractivity contribution in [2.45, 2.75) is 13.3 Å². The van der Waals surface area contributed by atoms with Crippen LogP contribution in [0, 0.1) is 12.7 Å². The van der Waals surface area contributed by atoms with Crippen molar-refractivity contribution in [3.63, 3.8) is 0 Å². The summed E-state index contributed by atoms with van der Waals surface area (Å²) in [6.07, 6.45) is 2.61. The van der Waals surface area contributed by atoms with Crippen LogP contribution in [0.4, 0.5) is 15.8 Å². The lowest BCUT2D eigenvalue weighted by Gasteiger charge is -2.31. The van der Waals surface area contributed by atoms with Crippen molar-refractivity contribution < 1.29 is 18.7 Å². The number of carbonyl (C=O) groups excluding carboxylic acids is 2. The third kappa shape index (κ3) is 5.39. The molecule has 2 aromatic carbocycles. The van der Waals surface area contributed by atoms with E-state index >= 15 is 0 Å². The van der Waals surface area contributed by atoms with Crippen molar-refractivity contribution >= 4 is 35.9 Å². The number of rotatable bonds is 3. The third-order valence-corrected chi connectivity index (χ3v) is 4.76. The smallest absolute Gasteiger partial charge is 0.124 e. The monoisotopic (exact) mass is 411 g/mol. The van der Waals surface area contributed by atoms with E-state index < -0.39 is 0 Å². The molecule has 1 aromatic heterocycles. The van der Waals surface area contributed by atoms with Gasteiger partial charge in [-0.3, -0.25) is 4.98 Å². The highest BCUT2D eigenvalue weighted by molar-refractivity contribution is 5.93. The highest BCUT2D eigenvalue weighted by atomic mass is 19.1. The maximum Gasteiger partial charge on any atom is 0.124 e. The number of fused-ring (bicyclic) bond motifs is 1. The van der Waals surface area contributed by atoms with E-state index in [9.17, 15) is 4.39 Å². The molecule has 6 nitrogen and oxygen atoms in total. The van der Waals surface area contributed by atoms with Gasteiger partial charge in [0.15, 0.2) is 0 Å². The van der Waals surface area contributed by atoms with Crippen LogP contribution in [0.25, 0.3) is 10.9 Å². The van der Waals surface area contributed by atoms with Gasteiger partial charge in [0, 0.05) is 36.8 Å². The minimum Gasteiger partial charge on any atom is -0.399 e. The molecule has 0 amide bonds. The Labute approximate surface area is 175 Å². The summed E-state index contributed by atoms with van der Waals surface area (Å²) in [6, 6.07) is 10.9. The molecule has 7 heteroatoms. The van der Waals surface area contributed by atoms with Crippen molar-refractivity contribution in [3.05, 3.63) is 65.1 Å². The number of nitrogens with zero attached hydrogens (tertiary/aromatic N) is 2. The minimum atomic E-state index is -0.245. The largest absolute Gasteiger partial charge is 0.399 e. The number of pyridine rings is 1. The number of nitrogen functional groups attached to an aromatic ring is 1. The molecule has 2 N–H and O–H groups in total. The van der Waals surface area contributed by atoms with E-state index in [0.717, 1.165) is 52.1 Å². The zero-order valence-electron chi connectivity index (χ0n) is 17.1. The van der Waals surface area contributed by atoms with Crippen LogP contribution in [0.5, 0.6) is 0 Å². The SMILES string of the molecule is C=O.C=O.Cc1cc(N)cc(Cc2cnc3ccc(F)cc3c2N2CCOCC2)c1. The summed E-state index contributed by atoms with van der Waals surface area (Å²) in [5.41, 5.74) is 12.0. The standard InChI is InChI=1S/C21H22FN3O.2CH2O/c1-14-8-15(11-18(23)9-14)10-16-13-24-20-3-2-17(22)12-19(20)21(16)25-4-6-26-7-5-25;2*1-2/h2-3,8-9,11-13H,4-7,10,23H2,1H3;2*1H2. The Kier molecular flexibility index (Phi) is 8.43. The lowest BCUT2D eigenvalue weighted by atomic mass is 9.99. The van der Waals surface area contributed by atoms with Gasteiger partial charge in [0.05, 0.1) is 24.4 Å². The summed E-state index contributed by atoms with van der Waals surface area (Å²) >= 11 is 0. The molecular formula is C23H26FN3O3. The van der Waals surface area contributed by atoms with Gasteiger partial charge in [-0.2, -0.15) is 0 Å². The van der Waals surface area contributed by atoms with Gasteiger partial charge >= 0.3 is 0 Å². The Balaban J connectivity index is 0.000000757. The molecule has 4 rings (SSSR count). The van der Waals surface area contributed by atoms with Crippen LogP contribution in [0.2, 0.25) is 0 Å². The van der Waals surface area contributed by atoms with Crippen molar-refractivity contribution in [2.75, 3.05) is 36.9 Å². The summed E-state index contributed by atoms with van der Waals surface area (Å²) in [5.74, 6) is -0.245. The summed E-state index contributed by atoms with van der Waals surface area (Å²) in [4.78, 5) is 22.8. The van der Waals surface area contributed by atoms with E-state index in [-0.39, 0.29) is 5.82 Å². The Morgan fingerprint density at radius 3 is 2.47 bits per heavy atom. The lowest BCUT2D eigenvalue weighted by Crippen LogP contribution is -2.37. The maximum absolute atomic E-state index is 14.0. The molecule has 158 valence electrons. The van der Waals surface area contributed by atoms with Gasteiger partial charge in [0.25, 0.3) is 0 Å². The summed E-state index contributed by atoms with van der Waals surface area (Å²) < 4.78 is 19.5. The third-order valence-electron chi connectivity index (χ3n) is 4.76.